The first-order valence-corrected chi connectivity index (χ1v) is 10.5. The summed E-state index contributed by atoms with van der Waals surface area (Å²) in [5.41, 5.74) is 1.83. The van der Waals surface area contributed by atoms with Crippen molar-refractivity contribution in [2.24, 2.45) is 0 Å². The molecule has 0 aliphatic carbocycles. The summed E-state index contributed by atoms with van der Waals surface area (Å²) in [6, 6.07) is 7.44. The number of thiophene rings is 2. The van der Waals surface area contributed by atoms with Crippen molar-refractivity contribution in [1.82, 2.24) is 14.5 Å². The van der Waals surface area contributed by atoms with Crippen LogP contribution in [0.3, 0.4) is 0 Å². The molecule has 0 unspecified atom stereocenters. The van der Waals surface area contributed by atoms with E-state index in [2.05, 4.69) is 16.7 Å². The van der Waals surface area contributed by atoms with Crippen LogP contribution >= 0.6 is 22.7 Å². The Bertz CT molecular complexity index is 864. The minimum atomic E-state index is -3.49. The SMILES string of the molecule is CCCn1nccc1-c1csc(S(=O)(=O)NCc2cccs2)c1. The van der Waals surface area contributed by atoms with Gasteiger partial charge < -0.3 is 0 Å². The predicted octanol–water partition coefficient (Wildman–Crippen LogP) is 3.56. The van der Waals surface area contributed by atoms with Crippen molar-refractivity contribution in [3.05, 3.63) is 46.1 Å². The molecule has 0 fully saturated rings. The van der Waals surface area contributed by atoms with E-state index in [4.69, 9.17) is 0 Å². The van der Waals surface area contributed by atoms with Gasteiger partial charge in [-0.1, -0.05) is 13.0 Å². The first-order valence-electron chi connectivity index (χ1n) is 7.23. The van der Waals surface area contributed by atoms with Crippen LogP contribution in [0.2, 0.25) is 0 Å². The van der Waals surface area contributed by atoms with Crippen LogP contribution < -0.4 is 4.72 Å². The maximum Gasteiger partial charge on any atom is 0.250 e. The summed E-state index contributed by atoms with van der Waals surface area (Å²) in [5.74, 6) is 0. The Morgan fingerprint density at radius 1 is 1.30 bits per heavy atom. The first kappa shape index (κ1) is 16.4. The molecule has 3 aromatic heterocycles. The van der Waals surface area contributed by atoms with E-state index in [0.717, 1.165) is 29.1 Å². The zero-order valence-corrected chi connectivity index (χ0v) is 15.0. The smallest absolute Gasteiger partial charge is 0.250 e. The van der Waals surface area contributed by atoms with Gasteiger partial charge in [0.15, 0.2) is 0 Å². The normalized spacial score (nSPS) is 11.9. The Labute approximate surface area is 143 Å². The molecular weight excluding hydrogens is 350 g/mol. The maximum atomic E-state index is 12.4. The van der Waals surface area contributed by atoms with Gasteiger partial charge in [0.1, 0.15) is 4.21 Å². The summed E-state index contributed by atoms with van der Waals surface area (Å²) in [4.78, 5) is 0.992. The molecule has 0 radical (unpaired) electrons. The zero-order chi connectivity index (χ0) is 16.3. The highest BCUT2D eigenvalue weighted by Gasteiger charge is 2.18. The third-order valence-corrected chi connectivity index (χ3v) is 7.02. The Hall–Kier alpha value is -1.48. The molecule has 5 nitrogen and oxygen atoms in total. The lowest BCUT2D eigenvalue weighted by Gasteiger charge is -2.04. The third-order valence-electron chi connectivity index (χ3n) is 3.30. The molecule has 0 aliphatic heterocycles. The Balaban J connectivity index is 1.79. The fourth-order valence-corrected chi connectivity index (χ4v) is 5.17. The van der Waals surface area contributed by atoms with Gasteiger partial charge in [-0.3, -0.25) is 4.68 Å². The van der Waals surface area contributed by atoms with Crippen molar-refractivity contribution in [2.75, 3.05) is 0 Å². The molecule has 0 saturated carbocycles. The van der Waals surface area contributed by atoms with Crippen molar-refractivity contribution in [3.8, 4) is 11.3 Å². The topological polar surface area (TPSA) is 64.0 Å². The molecule has 0 aromatic carbocycles. The van der Waals surface area contributed by atoms with Crippen LogP contribution in [0.1, 0.15) is 18.2 Å². The van der Waals surface area contributed by atoms with E-state index < -0.39 is 10.0 Å². The van der Waals surface area contributed by atoms with Crippen LogP contribution in [0.25, 0.3) is 11.3 Å². The van der Waals surface area contributed by atoms with E-state index in [9.17, 15) is 8.42 Å². The van der Waals surface area contributed by atoms with Gasteiger partial charge in [-0.2, -0.15) is 5.10 Å². The van der Waals surface area contributed by atoms with E-state index >= 15 is 0 Å². The fourth-order valence-electron chi connectivity index (χ4n) is 2.21. The van der Waals surface area contributed by atoms with Crippen molar-refractivity contribution in [2.45, 2.75) is 30.6 Å². The van der Waals surface area contributed by atoms with Gasteiger partial charge in [0.2, 0.25) is 10.0 Å². The van der Waals surface area contributed by atoms with Crippen LogP contribution in [-0.2, 0) is 23.1 Å². The molecule has 3 heterocycles. The average molecular weight is 368 g/mol. The molecule has 0 atom stereocenters. The van der Waals surface area contributed by atoms with E-state index in [1.165, 1.54) is 22.7 Å². The molecular formula is C15H17N3O2S3. The van der Waals surface area contributed by atoms with Gasteiger partial charge >= 0.3 is 0 Å². The number of rotatable bonds is 7. The molecule has 8 heteroatoms. The quantitative estimate of drug-likeness (QED) is 0.694. The van der Waals surface area contributed by atoms with Crippen molar-refractivity contribution >= 4 is 32.7 Å². The minimum Gasteiger partial charge on any atom is -0.265 e. The Morgan fingerprint density at radius 3 is 2.91 bits per heavy atom. The number of aromatic nitrogens is 2. The van der Waals surface area contributed by atoms with Gasteiger partial charge in [-0.05, 0) is 30.0 Å². The summed E-state index contributed by atoms with van der Waals surface area (Å²) < 4.78 is 29.7. The molecule has 0 amide bonds. The highest BCUT2D eigenvalue weighted by atomic mass is 32.2. The summed E-state index contributed by atoms with van der Waals surface area (Å²) in [7, 11) is -3.49. The molecule has 0 saturated heterocycles. The minimum absolute atomic E-state index is 0.320. The summed E-state index contributed by atoms with van der Waals surface area (Å²) in [6.45, 7) is 3.22. The van der Waals surface area contributed by atoms with E-state index in [1.54, 1.807) is 12.3 Å². The van der Waals surface area contributed by atoms with Gasteiger partial charge in [-0.15, -0.1) is 22.7 Å². The second kappa shape index (κ2) is 6.96. The lowest BCUT2D eigenvalue weighted by Crippen LogP contribution is -2.21. The molecule has 0 bridgehead atoms. The molecule has 23 heavy (non-hydrogen) atoms. The number of aryl methyl sites for hydroxylation is 1. The van der Waals surface area contributed by atoms with Gasteiger partial charge in [0.05, 0.1) is 5.69 Å². The summed E-state index contributed by atoms with van der Waals surface area (Å²) in [6.07, 6.45) is 2.72. The predicted molar refractivity (Wildman–Crippen MR) is 94.2 cm³/mol. The van der Waals surface area contributed by atoms with Crippen LogP contribution in [0.5, 0.6) is 0 Å². The monoisotopic (exact) mass is 367 g/mol. The second-order valence-corrected chi connectivity index (χ2v) is 8.94. The van der Waals surface area contributed by atoms with Gasteiger partial charge in [0, 0.05) is 35.1 Å². The van der Waals surface area contributed by atoms with Gasteiger partial charge in [-0.25, -0.2) is 13.1 Å². The lowest BCUT2D eigenvalue weighted by atomic mass is 10.2. The summed E-state index contributed by atoms with van der Waals surface area (Å²) >= 11 is 2.76. The van der Waals surface area contributed by atoms with Gasteiger partial charge in [0.25, 0.3) is 0 Å². The third kappa shape index (κ3) is 3.72. The number of hydrogen-bond acceptors (Lipinski definition) is 5. The van der Waals surface area contributed by atoms with Crippen LogP contribution in [0, 0.1) is 0 Å². The Kier molecular flexibility index (Phi) is 4.96. The number of sulfonamides is 1. The number of nitrogens with zero attached hydrogens (tertiary/aromatic N) is 2. The molecule has 0 spiro atoms. The standard InChI is InChI=1S/C15H17N3O2S3/c1-2-7-18-14(5-6-16-18)12-9-15(22-11-12)23(19,20)17-10-13-4-3-8-21-13/h3-6,8-9,11,17H,2,7,10H2,1H3. The highest BCUT2D eigenvalue weighted by molar-refractivity contribution is 7.91. The number of hydrogen-bond donors (Lipinski definition) is 1. The van der Waals surface area contributed by atoms with E-state index in [-0.39, 0.29) is 0 Å². The van der Waals surface area contributed by atoms with Crippen LogP contribution in [0.4, 0.5) is 0 Å². The zero-order valence-electron chi connectivity index (χ0n) is 12.6. The molecule has 3 rings (SSSR count). The van der Waals surface area contributed by atoms with Crippen molar-refractivity contribution < 1.29 is 8.42 Å². The Morgan fingerprint density at radius 2 is 2.17 bits per heavy atom. The lowest BCUT2D eigenvalue weighted by molar-refractivity contribution is 0.584. The average Bonchev–Trinajstić information content (AvgIpc) is 3.26. The molecule has 1 N–H and O–H groups in total. The van der Waals surface area contributed by atoms with E-state index in [1.807, 2.05) is 33.6 Å². The van der Waals surface area contributed by atoms with E-state index in [0.29, 0.717) is 10.8 Å². The maximum absolute atomic E-state index is 12.4. The van der Waals surface area contributed by atoms with Crippen molar-refractivity contribution in [3.63, 3.8) is 0 Å². The highest BCUT2D eigenvalue weighted by Crippen LogP contribution is 2.28. The van der Waals surface area contributed by atoms with Crippen LogP contribution in [-0.4, -0.2) is 18.2 Å². The number of nitrogens with one attached hydrogen (secondary N) is 1. The molecule has 3 aromatic rings. The summed E-state index contributed by atoms with van der Waals surface area (Å²) in [5, 5.41) is 8.08. The molecule has 0 aliphatic rings. The van der Waals surface area contributed by atoms with Crippen LogP contribution in [0.15, 0.2) is 45.4 Å². The largest absolute Gasteiger partial charge is 0.265 e. The second-order valence-electron chi connectivity index (χ2n) is 5.00. The first-order chi connectivity index (χ1) is 11.1. The van der Waals surface area contributed by atoms with Crippen molar-refractivity contribution in [1.29, 1.82) is 0 Å². The fraction of sp³-hybridized carbons (Fsp3) is 0.267. The molecule has 122 valence electrons.